The van der Waals surface area contributed by atoms with Gasteiger partial charge in [0.25, 0.3) is 11.5 Å². The summed E-state index contributed by atoms with van der Waals surface area (Å²) in [6.07, 6.45) is 0.651. The number of carbonyl (C=O) groups is 1. The predicted octanol–water partition coefficient (Wildman–Crippen LogP) is 3.54. The molecule has 2 heterocycles. The molecule has 10 heteroatoms. The number of halogens is 1. The molecule has 0 aliphatic rings. The number of ether oxygens (including phenoxy) is 2. The van der Waals surface area contributed by atoms with E-state index in [0.29, 0.717) is 35.8 Å². The Bertz CT molecular complexity index is 1300. The number of nitrogens with zero attached hydrogens (tertiary/aromatic N) is 2. The maximum Gasteiger partial charge on any atom is 0.329 e. The third-order valence-corrected chi connectivity index (χ3v) is 5.27. The fourth-order valence-electron chi connectivity index (χ4n) is 3.35. The van der Waals surface area contributed by atoms with Crippen molar-refractivity contribution in [1.82, 2.24) is 14.5 Å². The Morgan fingerprint density at radius 1 is 1.19 bits per heavy atom. The van der Waals surface area contributed by atoms with Gasteiger partial charge in [-0.05, 0) is 24.5 Å². The van der Waals surface area contributed by atoms with E-state index in [1.807, 2.05) is 20.8 Å². The van der Waals surface area contributed by atoms with Crippen molar-refractivity contribution in [3.05, 3.63) is 55.3 Å². The van der Waals surface area contributed by atoms with Crippen LogP contribution in [0.3, 0.4) is 0 Å². The molecular formula is C22H25ClN4O5. The summed E-state index contributed by atoms with van der Waals surface area (Å²) in [5, 5.41) is 3.07. The molecule has 0 saturated heterocycles. The zero-order valence-corrected chi connectivity index (χ0v) is 19.3. The summed E-state index contributed by atoms with van der Waals surface area (Å²) in [5.74, 6) is 0.114. The van der Waals surface area contributed by atoms with E-state index < -0.39 is 17.2 Å². The van der Waals surface area contributed by atoms with E-state index >= 15 is 0 Å². The van der Waals surface area contributed by atoms with Gasteiger partial charge in [0.1, 0.15) is 11.5 Å². The van der Waals surface area contributed by atoms with Gasteiger partial charge in [-0.15, -0.1) is 0 Å². The highest BCUT2D eigenvalue weighted by molar-refractivity contribution is 6.32. The minimum Gasteiger partial charge on any atom is -0.495 e. The van der Waals surface area contributed by atoms with Crippen LogP contribution in [0, 0.1) is 0 Å². The van der Waals surface area contributed by atoms with Gasteiger partial charge in [-0.1, -0.05) is 32.4 Å². The van der Waals surface area contributed by atoms with Gasteiger partial charge in [0, 0.05) is 18.3 Å². The number of hydrogen-bond acceptors (Lipinski definition) is 6. The normalized spacial score (nSPS) is 11.1. The molecule has 2 N–H and O–H groups in total. The number of fused-ring (bicyclic) bond motifs is 1. The summed E-state index contributed by atoms with van der Waals surface area (Å²) >= 11 is 6.21. The molecular weight excluding hydrogens is 436 g/mol. The SMILES string of the molecule is CCCn1c(=O)[nH]c(=O)c2c(C(=O)Nc3cc(Cl)c(OC)cc3OC)cc(C(C)C)nc21. The number of aromatic amines is 1. The largest absolute Gasteiger partial charge is 0.495 e. The minimum atomic E-state index is -0.676. The number of amides is 1. The lowest BCUT2D eigenvalue weighted by Gasteiger charge is -2.16. The minimum absolute atomic E-state index is 0.0403. The van der Waals surface area contributed by atoms with E-state index in [1.165, 1.54) is 24.9 Å². The van der Waals surface area contributed by atoms with Crippen LogP contribution in [0.4, 0.5) is 5.69 Å². The van der Waals surface area contributed by atoms with Crippen LogP contribution in [0.25, 0.3) is 11.0 Å². The number of nitrogens with one attached hydrogen (secondary N) is 2. The summed E-state index contributed by atoms with van der Waals surface area (Å²) in [5.41, 5.74) is -0.0804. The van der Waals surface area contributed by atoms with Crippen LogP contribution >= 0.6 is 11.6 Å². The molecule has 3 aromatic rings. The molecule has 1 amide bonds. The van der Waals surface area contributed by atoms with Crippen LogP contribution in [0.2, 0.25) is 5.02 Å². The Kier molecular flexibility index (Phi) is 6.88. The molecule has 1 aromatic carbocycles. The quantitative estimate of drug-likeness (QED) is 0.557. The van der Waals surface area contributed by atoms with Gasteiger partial charge >= 0.3 is 5.69 Å². The zero-order valence-electron chi connectivity index (χ0n) is 18.5. The zero-order chi connectivity index (χ0) is 23.6. The number of aryl methyl sites for hydroxylation is 1. The summed E-state index contributed by atoms with van der Waals surface area (Å²) in [7, 11) is 2.92. The first-order chi connectivity index (χ1) is 15.2. The lowest BCUT2D eigenvalue weighted by molar-refractivity contribution is 0.102. The highest BCUT2D eigenvalue weighted by Crippen LogP contribution is 2.36. The first-order valence-electron chi connectivity index (χ1n) is 10.1. The molecule has 0 aliphatic heterocycles. The molecule has 0 aliphatic carbocycles. The van der Waals surface area contributed by atoms with Crippen LogP contribution in [0.5, 0.6) is 11.5 Å². The van der Waals surface area contributed by atoms with E-state index in [1.54, 1.807) is 12.1 Å². The van der Waals surface area contributed by atoms with E-state index in [0.717, 1.165) is 0 Å². The number of aromatic nitrogens is 3. The molecule has 0 unspecified atom stereocenters. The van der Waals surface area contributed by atoms with Crippen molar-refractivity contribution in [3.8, 4) is 11.5 Å². The third-order valence-electron chi connectivity index (χ3n) is 4.97. The van der Waals surface area contributed by atoms with Gasteiger partial charge in [-0.2, -0.15) is 0 Å². The lowest BCUT2D eigenvalue weighted by atomic mass is 10.0. The Morgan fingerprint density at radius 3 is 2.47 bits per heavy atom. The summed E-state index contributed by atoms with van der Waals surface area (Å²) < 4.78 is 11.9. The first-order valence-corrected chi connectivity index (χ1v) is 10.5. The molecule has 0 spiro atoms. The van der Waals surface area contributed by atoms with Crippen molar-refractivity contribution >= 4 is 34.2 Å². The first kappa shape index (κ1) is 23.3. The predicted molar refractivity (Wildman–Crippen MR) is 124 cm³/mol. The smallest absolute Gasteiger partial charge is 0.329 e. The molecule has 3 rings (SSSR count). The molecule has 9 nitrogen and oxygen atoms in total. The number of hydrogen-bond donors (Lipinski definition) is 2. The van der Waals surface area contributed by atoms with E-state index in [-0.39, 0.29) is 27.5 Å². The molecule has 2 aromatic heterocycles. The Hall–Kier alpha value is -3.33. The third kappa shape index (κ3) is 4.34. The second kappa shape index (κ2) is 9.44. The Labute approximate surface area is 189 Å². The van der Waals surface area contributed by atoms with Crippen molar-refractivity contribution in [2.75, 3.05) is 19.5 Å². The second-order valence-electron chi connectivity index (χ2n) is 7.50. The van der Waals surface area contributed by atoms with Crippen molar-refractivity contribution in [2.45, 2.75) is 39.7 Å². The topological polar surface area (TPSA) is 115 Å². The monoisotopic (exact) mass is 460 g/mol. The van der Waals surface area contributed by atoms with Crippen LogP contribution in [-0.4, -0.2) is 34.7 Å². The molecule has 0 radical (unpaired) electrons. The van der Waals surface area contributed by atoms with Crippen molar-refractivity contribution in [2.24, 2.45) is 0 Å². The van der Waals surface area contributed by atoms with Crippen LogP contribution < -0.4 is 26.0 Å². The van der Waals surface area contributed by atoms with Crippen LogP contribution in [0.15, 0.2) is 27.8 Å². The van der Waals surface area contributed by atoms with E-state index in [4.69, 9.17) is 21.1 Å². The fraction of sp³-hybridized carbons (Fsp3) is 0.364. The van der Waals surface area contributed by atoms with Crippen molar-refractivity contribution < 1.29 is 14.3 Å². The summed E-state index contributed by atoms with van der Waals surface area (Å²) in [4.78, 5) is 45.3. The lowest BCUT2D eigenvalue weighted by Crippen LogP contribution is -2.32. The second-order valence-corrected chi connectivity index (χ2v) is 7.91. The highest BCUT2D eigenvalue weighted by atomic mass is 35.5. The number of methoxy groups -OCH3 is 2. The van der Waals surface area contributed by atoms with Gasteiger partial charge in [0.05, 0.1) is 35.9 Å². The molecule has 0 saturated carbocycles. The molecule has 170 valence electrons. The molecule has 0 bridgehead atoms. The Balaban J connectivity index is 2.23. The highest BCUT2D eigenvalue weighted by Gasteiger charge is 2.22. The Morgan fingerprint density at radius 2 is 1.88 bits per heavy atom. The number of H-pyrrole nitrogens is 1. The standard InChI is InChI=1S/C22H25ClN4O5/c1-6-7-27-19-18(21(29)26-22(27)30)12(8-14(24-19)11(2)3)20(28)25-15-9-13(23)16(31-4)10-17(15)32-5/h8-11H,6-7H2,1-5H3,(H,25,28)(H,26,29,30). The number of anilines is 1. The number of carbonyl (C=O) groups excluding carboxylic acids is 1. The fourth-order valence-corrected chi connectivity index (χ4v) is 3.59. The van der Waals surface area contributed by atoms with E-state index in [2.05, 4.69) is 15.3 Å². The maximum absolute atomic E-state index is 13.3. The van der Waals surface area contributed by atoms with Gasteiger partial charge in [-0.3, -0.25) is 19.1 Å². The van der Waals surface area contributed by atoms with Gasteiger partial charge in [-0.25, -0.2) is 9.78 Å². The molecule has 32 heavy (non-hydrogen) atoms. The van der Waals surface area contributed by atoms with E-state index in [9.17, 15) is 14.4 Å². The summed E-state index contributed by atoms with van der Waals surface area (Å²) in [6.45, 7) is 6.09. The van der Waals surface area contributed by atoms with Gasteiger partial charge < -0.3 is 14.8 Å². The van der Waals surface area contributed by atoms with Crippen LogP contribution in [0.1, 0.15) is 49.2 Å². The van der Waals surface area contributed by atoms with Gasteiger partial charge in [0.15, 0.2) is 5.65 Å². The van der Waals surface area contributed by atoms with Crippen LogP contribution in [-0.2, 0) is 6.54 Å². The van der Waals surface area contributed by atoms with Crippen molar-refractivity contribution in [3.63, 3.8) is 0 Å². The molecule has 0 atom stereocenters. The number of benzene rings is 1. The maximum atomic E-state index is 13.3. The average molecular weight is 461 g/mol. The number of rotatable bonds is 7. The average Bonchev–Trinajstić information content (AvgIpc) is 2.75. The summed E-state index contributed by atoms with van der Waals surface area (Å²) in [6, 6.07) is 4.62. The molecule has 0 fully saturated rings. The van der Waals surface area contributed by atoms with Crippen molar-refractivity contribution in [1.29, 1.82) is 0 Å². The number of pyridine rings is 1. The van der Waals surface area contributed by atoms with Gasteiger partial charge in [0.2, 0.25) is 0 Å².